The fourth-order valence-electron chi connectivity index (χ4n) is 1.93. The second kappa shape index (κ2) is 3.79. The Morgan fingerprint density at radius 1 is 1.50 bits per heavy atom. The van der Waals surface area contributed by atoms with Crippen LogP contribution in [-0.4, -0.2) is 11.0 Å². The molecule has 0 spiro atoms. The maximum Gasteiger partial charge on any atom is 0.124 e. The van der Waals surface area contributed by atoms with Crippen molar-refractivity contribution < 1.29 is 4.39 Å². The average Bonchev–Trinajstić information content (AvgIpc) is 3.00. The van der Waals surface area contributed by atoms with Gasteiger partial charge in [0.05, 0.1) is 15.2 Å². The molecular formula is C12H13FN2S. The van der Waals surface area contributed by atoms with Crippen molar-refractivity contribution in [2.24, 2.45) is 11.7 Å². The van der Waals surface area contributed by atoms with E-state index in [2.05, 4.69) is 4.98 Å². The number of rotatable bonds is 3. The van der Waals surface area contributed by atoms with Crippen LogP contribution in [0.15, 0.2) is 18.2 Å². The van der Waals surface area contributed by atoms with Crippen LogP contribution in [0.1, 0.15) is 17.8 Å². The molecule has 1 unspecified atom stereocenters. The minimum atomic E-state index is -0.200. The number of nitrogens with two attached hydrogens (primary N) is 1. The minimum Gasteiger partial charge on any atom is -0.327 e. The lowest BCUT2D eigenvalue weighted by Crippen LogP contribution is -2.24. The van der Waals surface area contributed by atoms with E-state index in [1.165, 1.54) is 18.9 Å². The van der Waals surface area contributed by atoms with E-state index in [-0.39, 0.29) is 11.9 Å². The average molecular weight is 236 g/mol. The molecule has 1 aromatic carbocycles. The molecule has 0 saturated heterocycles. The van der Waals surface area contributed by atoms with Crippen LogP contribution in [0.4, 0.5) is 4.39 Å². The first-order valence-corrected chi connectivity index (χ1v) is 6.34. The Hall–Kier alpha value is -1.000. The molecule has 4 heteroatoms. The number of fused-ring (bicyclic) bond motifs is 1. The molecule has 0 amide bonds. The van der Waals surface area contributed by atoms with Gasteiger partial charge in [-0.25, -0.2) is 9.37 Å². The lowest BCUT2D eigenvalue weighted by Gasteiger charge is -2.06. The van der Waals surface area contributed by atoms with Crippen LogP contribution in [0, 0.1) is 11.7 Å². The highest BCUT2D eigenvalue weighted by Crippen LogP contribution is 2.34. The number of thiazole rings is 1. The largest absolute Gasteiger partial charge is 0.327 e. The van der Waals surface area contributed by atoms with Gasteiger partial charge in [0, 0.05) is 12.5 Å². The third kappa shape index (κ3) is 1.95. The Bertz CT molecular complexity index is 519. The molecule has 2 aromatic rings. The first kappa shape index (κ1) is 10.2. The molecule has 0 radical (unpaired) electrons. The van der Waals surface area contributed by atoms with Gasteiger partial charge in [-0.05, 0) is 37.0 Å². The Balaban J connectivity index is 1.86. The number of aromatic nitrogens is 1. The summed E-state index contributed by atoms with van der Waals surface area (Å²) in [5.41, 5.74) is 6.93. The molecule has 0 bridgehead atoms. The van der Waals surface area contributed by atoms with Crippen molar-refractivity contribution in [1.82, 2.24) is 4.98 Å². The number of nitrogens with zero attached hydrogens (tertiary/aromatic N) is 1. The van der Waals surface area contributed by atoms with Crippen molar-refractivity contribution in [1.29, 1.82) is 0 Å². The van der Waals surface area contributed by atoms with Gasteiger partial charge < -0.3 is 5.73 Å². The van der Waals surface area contributed by atoms with Crippen molar-refractivity contribution >= 4 is 21.6 Å². The van der Waals surface area contributed by atoms with Crippen molar-refractivity contribution in [2.45, 2.75) is 25.3 Å². The minimum absolute atomic E-state index is 0.200. The molecule has 0 aliphatic heterocycles. The molecule has 1 atom stereocenters. The van der Waals surface area contributed by atoms with Gasteiger partial charge in [0.1, 0.15) is 5.82 Å². The van der Waals surface area contributed by atoms with Crippen LogP contribution in [0.5, 0.6) is 0 Å². The van der Waals surface area contributed by atoms with Gasteiger partial charge in [-0.2, -0.15) is 0 Å². The number of halogens is 1. The molecule has 84 valence electrons. The third-order valence-corrected chi connectivity index (χ3v) is 4.07. The van der Waals surface area contributed by atoms with Crippen LogP contribution in [0.25, 0.3) is 10.2 Å². The number of hydrogen-bond donors (Lipinski definition) is 1. The Kier molecular flexibility index (Phi) is 2.41. The van der Waals surface area contributed by atoms with Gasteiger partial charge >= 0.3 is 0 Å². The van der Waals surface area contributed by atoms with Gasteiger partial charge in [0.2, 0.25) is 0 Å². The molecular weight excluding hydrogens is 223 g/mol. The van der Waals surface area contributed by atoms with Gasteiger partial charge in [0.15, 0.2) is 0 Å². The topological polar surface area (TPSA) is 38.9 Å². The zero-order valence-electron chi connectivity index (χ0n) is 8.82. The normalized spacial score (nSPS) is 17.9. The molecule has 1 aliphatic carbocycles. The maximum absolute atomic E-state index is 13.0. The summed E-state index contributed by atoms with van der Waals surface area (Å²) in [6.45, 7) is 0. The second-order valence-corrected chi connectivity index (χ2v) is 5.54. The molecule has 1 fully saturated rings. The summed E-state index contributed by atoms with van der Waals surface area (Å²) in [6, 6.07) is 4.95. The Labute approximate surface area is 97.3 Å². The SMILES string of the molecule is NC(Cc1nc2ccc(F)cc2s1)C1CC1. The summed E-state index contributed by atoms with van der Waals surface area (Å²) in [4.78, 5) is 4.48. The first-order chi connectivity index (χ1) is 7.72. The fourth-order valence-corrected chi connectivity index (χ4v) is 2.99. The van der Waals surface area contributed by atoms with Gasteiger partial charge in [-0.3, -0.25) is 0 Å². The van der Waals surface area contributed by atoms with Crippen LogP contribution in [-0.2, 0) is 6.42 Å². The molecule has 1 saturated carbocycles. The van der Waals surface area contributed by atoms with Crippen LogP contribution >= 0.6 is 11.3 Å². The molecule has 2 nitrogen and oxygen atoms in total. The molecule has 16 heavy (non-hydrogen) atoms. The quantitative estimate of drug-likeness (QED) is 0.890. The highest BCUT2D eigenvalue weighted by Gasteiger charge is 2.29. The second-order valence-electron chi connectivity index (χ2n) is 4.43. The lowest BCUT2D eigenvalue weighted by molar-refractivity contribution is 0.590. The first-order valence-electron chi connectivity index (χ1n) is 5.53. The van der Waals surface area contributed by atoms with Crippen LogP contribution in [0.2, 0.25) is 0 Å². The molecule has 1 aliphatic rings. The third-order valence-electron chi connectivity index (χ3n) is 3.03. The van der Waals surface area contributed by atoms with Crippen molar-refractivity contribution in [3.8, 4) is 0 Å². The maximum atomic E-state index is 13.0. The van der Waals surface area contributed by atoms with Crippen LogP contribution < -0.4 is 5.73 Å². The zero-order valence-corrected chi connectivity index (χ0v) is 9.64. The summed E-state index contributed by atoms with van der Waals surface area (Å²) in [7, 11) is 0. The van der Waals surface area contributed by atoms with E-state index in [9.17, 15) is 4.39 Å². The van der Waals surface area contributed by atoms with E-state index < -0.39 is 0 Å². The van der Waals surface area contributed by atoms with E-state index in [1.54, 1.807) is 23.5 Å². The van der Waals surface area contributed by atoms with Gasteiger partial charge in [-0.15, -0.1) is 11.3 Å². The molecule has 1 heterocycles. The number of benzene rings is 1. The fraction of sp³-hybridized carbons (Fsp3) is 0.417. The number of hydrogen-bond acceptors (Lipinski definition) is 3. The standard InChI is InChI=1S/C12H13FN2S/c13-8-3-4-10-11(5-8)16-12(15-10)6-9(14)7-1-2-7/h3-5,7,9H,1-2,6,14H2. The lowest BCUT2D eigenvalue weighted by atomic mass is 10.1. The van der Waals surface area contributed by atoms with E-state index >= 15 is 0 Å². The predicted molar refractivity (Wildman–Crippen MR) is 64.0 cm³/mol. The smallest absolute Gasteiger partial charge is 0.124 e. The van der Waals surface area contributed by atoms with Crippen LogP contribution in [0.3, 0.4) is 0 Å². The molecule has 1 aromatic heterocycles. The molecule has 2 N–H and O–H groups in total. The summed E-state index contributed by atoms with van der Waals surface area (Å²) < 4.78 is 13.9. The van der Waals surface area contributed by atoms with Crippen molar-refractivity contribution in [2.75, 3.05) is 0 Å². The van der Waals surface area contributed by atoms with Crippen molar-refractivity contribution in [3.63, 3.8) is 0 Å². The highest BCUT2D eigenvalue weighted by molar-refractivity contribution is 7.18. The van der Waals surface area contributed by atoms with Gasteiger partial charge in [0.25, 0.3) is 0 Å². The summed E-state index contributed by atoms with van der Waals surface area (Å²) in [5, 5.41) is 1.03. The Morgan fingerprint density at radius 2 is 2.31 bits per heavy atom. The zero-order chi connectivity index (χ0) is 11.1. The van der Waals surface area contributed by atoms with Gasteiger partial charge in [-0.1, -0.05) is 0 Å². The van der Waals surface area contributed by atoms with E-state index in [0.29, 0.717) is 5.92 Å². The predicted octanol–water partition coefficient (Wildman–Crippen LogP) is 2.72. The van der Waals surface area contributed by atoms with E-state index in [0.717, 1.165) is 21.6 Å². The van der Waals surface area contributed by atoms with E-state index in [4.69, 9.17) is 5.73 Å². The highest BCUT2D eigenvalue weighted by atomic mass is 32.1. The summed E-state index contributed by atoms with van der Waals surface area (Å²) >= 11 is 1.55. The Morgan fingerprint density at radius 3 is 3.06 bits per heavy atom. The summed E-state index contributed by atoms with van der Waals surface area (Å²) in [5.74, 6) is 0.484. The monoisotopic (exact) mass is 236 g/mol. The van der Waals surface area contributed by atoms with Crippen molar-refractivity contribution in [3.05, 3.63) is 29.0 Å². The van der Waals surface area contributed by atoms with E-state index in [1.807, 2.05) is 0 Å². The molecule has 3 rings (SSSR count). The summed E-state index contributed by atoms with van der Waals surface area (Å²) in [6.07, 6.45) is 3.33.